The van der Waals surface area contributed by atoms with E-state index in [9.17, 15) is 5.11 Å². The van der Waals surface area contributed by atoms with Gasteiger partial charge < -0.3 is 5.11 Å². The number of aliphatic hydroxyl groups excluding tert-OH is 1. The van der Waals surface area contributed by atoms with E-state index in [1.54, 1.807) is 0 Å². The largest absolute Gasteiger partial charge is 0.393 e. The van der Waals surface area contributed by atoms with Crippen molar-refractivity contribution >= 4 is 0 Å². The van der Waals surface area contributed by atoms with E-state index in [1.807, 2.05) is 0 Å². The molecule has 3 unspecified atom stereocenters. The van der Waals surface area contributed by atoms with E-state index >= 15 is 0 Å². The lowest BCUT2D eigenvalue weighted by molar-refractivity contribution is -0.00189. The zero-order valence-corrected chi connectivity index (χ0v) is 13.3. The number of hydrogen-bond acceptors (Lipinski definition) is 1. The van der Waals surface area contributed by atoms with Crippen LogP contribution in [0.15, 0.2) is 0 Å². The molecule has 110 valence electrons. The van der Waals surface area contributed by atoms with E-state index in [-0.39, 0.29) is 6.10 Å². The van der Waals surface area contributed by atoms with Crippen LogP contribution in [0.25, 0.3) is 0 Å². The fourth-order valence-corrected chi connectivity index (χ4v) is 6.09. The predicted molar refractivity (Wildman–Crippen MR) is 79.8 cm³/mol. The van der Waals surface area contributed by atoms with Crippen LogP contribution in [-0.2, 0) is 0 Å². The monoisotopic (exact) mass is 264 g/mol. The number of aliphatic hydroxyl groups is 1. The second kappa shape index (κ2) is 4.48. The molecule has 1 N–H and O–H groups in total. The number of fused-ring (bicyclic) bond motifs is 2. The van der Waals surface area contributed by atoms with Gasteiger partial charge in [0.15, 0.2) is 0 Å². The van der Waals surface area contributed by atoms with Gasteiger partial charge in [-0.2, -0.15) is 0 Å². The Morgan fingerprint density at radius 2 is 1.79 bits per heavy atom. The van der Waals surface area contributed by atoms with Crippen molar-refractivity contribution in [2.24, 2.45) is 34.5 Å². The second-order valence-corrected chi connectivity index (χ2v) is 8.61. The van der Waals surface area contributed by atoms with Crippen molar-refractivity contribution in [2.45, 2.75) is 78.7 Å². The maximum Gasteiger partial charge on any atom is 0.0545 e. The Balaban J connectivity index is 1.80. The highest BCUT2D eigenvalue weighted by atomic mass is 16.3. The summed E-state index contributed by atoms with van der Waals surface area (Å²) < 4.78 is 0. The first-order valence-electron chi connectivity index (χ1n) is 8.56. The summed E-state index contributed by atoms with van der Waals surface area (Å²) in [6, 6.07) is 0. The quantitative estimate of drug-likeness (QED) is 0.770. The summed E-state index contributed by atoms with van der Waals surface area (Å²) in [5, 5.41) is 10.2. The molecule has 19 heavy (non-hydrogen) atoms. The van der Waals surface area contributed by atoms with Gasteiger partial charge in [0.2, 0.25) is 0 Å². The Morgan fingerprint density at radius 1 is 1.05 bits per heavy atom. The van der Waals surface area contributed by atoms with E-state index in [4.69, 9.17) is 0 Å². The molecule has 0 aromatic carbocycles. The van der Waals surface area contributed by atoms with Crippen LogP contribution < -0.4 is 0 Å². The fraction of sp³-hybridized carbons (Fsp3) is 1.00. The SMILES string of the molecule is CCC1CC(O)CC([C@H]2C[C@@H]3CC[C@@]2(C)C3(C)C)C1. The van der Waals surface area contributed by atoms with Gasteiger partial charge in [0.05, 0.1) is 6.10 Å². The van der Waals surface area contributed by atoms with Crippen LogP contribution in [0.3, 0.4) is 0 Å². The first kappa shape index (κ1) is 13.9. The van der Waals surface area contributed by atoms with Crippen molar-refractivity contribution in [1.82, 2.24) is 0 Å². The van der Waals surface area contributed by atoms with E-state index in [0.717, 1.165) is 36.5 Å². The minimum Gasteiger partial charge on any atom is -0.393 e. The molecular formula is C18H32O. The standard InChI is InChI=1S/C18H32O/c1-5-12-8-13(10-15(19)9-12)16-11-14-6-7-18(16,4)17(14,2)3/h12-16,19H,5-11H2,1-4H3/t12?,13?,14-,15?,16+,18+/m0/s1. The molecule has 3 aliphatic carbocycles. The molecule has 0 saturated heterocycles. The van der Waals surface area contributed by atoms with Crippen LogP contribution in [-0.4, -0.2) is 11.2 Å². The van der Waals surface area contributed by atoms with Crippen LogP contribution in [0.5, 0.6) is 0 Å². The molecule has 3 saturated carbocycles. The van der Waals surface area contributed by atoms with Gasteiger partial charge in [-0.1, -0.05) is 34.1 Å². The molecule has 0 aromatic heterocycles. The lowest BCUT2D eigenvalue weighted by atomic mass is 9.60. The minimum absolute atomic E-state index is 0.0189. The zero-order valence-electron chi connectivity index (χ0n) is 13.3. The molecule has 1 nitrogen and oxygen atoms in total. The van der Waals surface area contributed by atoms with Crippen molar-refractivity contribution in [3.63, 3.8) is 0 Å². The van der Waals surface area contributed by atoms with Gasteiger partial charge in [-0.25, -0.2) is 0 Å². The minimum atomic E-state index is -0.0189. The summed E-state index contributed by atoms with van der Waals surface area (Å²) in [6.45, 7) is 9.89. The molecule has 3 rings (SSSR count). The molecule has 0 amide bonds. The van der Waals surface area contributed by atoms with Crippen LogP contribution in [0.2, 0.25) is 0 Å². The Morgan fingerprint density at radius 3 is 2.32 bits per heavy atom. The molecule has 0 aliphatic heterocycles. The zero-order chi connectivity index (χ0) is 13.8. The third-order valence-corrected chi connectivity index (χ3v) is 7.82. The van der Waals surface area contributed by atoms with Crippen molar-refractivity contribution in [3.05, 3.63) is 0 Å². The third kappa shape index (κ3) is 1.91. The van der Waals surface area contributed by atoms with Gasteiger partial charge in [-0.05, 0) is 73.0 Å². The van der Waals surface area contributed by atoms with E-state index in [2.05, 4.69) is 27.7 Å². The number of hydrogen-bond donors (Lipinski definition) is 1. The summed E-state index contributed by atoms with van der Waals surface area (Å²) in [5.74, 6) is 3.40. The average molecular weight is 264 g/mol. The molecule has 3 fully saturated rings. The Kier molecular flexibility index (Phi) is 3.28. The second-order valence-electron chi connectivity index (χ2n) is 8.61. The maximum absolute atomic E-state index is 10.2. The van der Waals surface area contributed by atoms with Gasteiger partial charge in [-0.15, -0.1) is 0 Å². The first-order valence-corrected chi connectivity index (χ1v) is 8.56. The third-order valence-electron chi connectivity index (χ3n) is 7.82. The van der Waals surface area contributed by atoms with Gasteiger partial charge in [-0.3, -0.25) is 0 Å². The van der Waals surface area contributed by atoms with Crippen LogP contribution in [0.1, 0.15) is 72.6 Å². The maximum atomic E-state index is 10.2. The molecule has 6 atom stereocenters. The molecule has 0 radical (unpaired) electrons. The highest BCUT2D eigenvalue weighted by Gasteiger charge is 2.62. The molecule has 1 heteroatoms. The van der Waals surface area contributed by atoms with Crippen LogP contribution >= 0.6 is 0 Å². The van der Waals surface area contributed by atoms with E-state index in [1.165, 1.54) is 32.1 Å². The summed E-state index contributed by atoms with van der Waals surface area (Å²) in [6.07, 6.45) is 9.08. The number of rotatable bonds is 2. The normalized spacial score (nSPS) is 52.6. The lowest BCUT2D eigenvalue weighted by Gasteiger charge is -2.46. The van der Waals surface area contributed by atoms with E-state index < -0.39 is 0 Å². The van der Waals surface area contributed by atoms with E-state index in [0.29, 0.717) is 10.8 Å². The summed E-state index contributed by atoms with van der Waals surface area (Å²) in [4.78, 5) is 0. The lowest BCUT2D eigenvalue weighted by Crippen LogP contribution is -2.39. The van der Waals surface area contributed by atoms with Gasteiger partial charge in [0.25, 0.3) is 0 Å². The van der Waals surface area contributed by atoms with Crippen molar-refractivity contribution in [2.75, 3.05) is 0 Å². The van der Waals surface area contributed by atoms with Crippen molar-refractivity contribution in [1.29, 1.82) is 0 Å². The van der Waals surface area contributed by atoms with Crippen LogP contribution in [0.4, 0.5) is 0 Å². The molecule has 0 heterocycles. The molecule has 3 aliphatic rings. The average Bonchev–Trinajstić information content (AvgIpc) is 2.70. The van der Waals surface area contributed by atoms with Gasteiger partial charge >= 0.3 is 0 Å². The summed E-state index contributed by atoms with van der Waals surface area (Å²) >= 11 is 0. The summed E-state index contributed by atoms with van der Waals surface area (Å²) in [7, 11) is 0. The van der Waals surface area contributed by atoms with Crippen molar-refractivity contribution in [3.8, 4) is 0 Å². The fourth-order valence-electron chi connectivity index (χ4n) is 6.09. The van der Waals surface area contributed by atoms with Gasteiger partial charge in [0.1, 0.15) is 0 Å². The Bertz CT molecular complexity index is 348. The topological polar surface area (TPSA) is 20.2 Å². The first-order chi connectivity index (χ1) is 8.88. The smallest absolute Gasteiger partial charge is 0.0545 e. The van der Waals surface area contributed by atoms with Gasteiger partial charge in [0, 0.05) is 0 Å². The highest BCUT2D eigenvalue weighted by Crippen LogP contribution is 2.70. The highest BCUT2D eigenvalue weighted by molar-refractivity contribution is 5.11. The Labute approximate surface area is 119 Å². The Hall–Kier alpha value is -0.0400. The molecule has 0 aromatic rings. The summed E-state index contributed by atoms with van der Waals surface area (Å²) in [5.41, 5.74) is 1.07. The predicted octanol–water partition coefficient (Wildman–Crippen LogP) is 4.64. The molecular weight excluding hydrogens is 232 g/mol. The molecule has 0 spiro atoms. The van der Waals surface area contributed by atoms with Crippen LogP contribution in [0, 0.1) is 34.5 Å². The molecule has 2 bridgehead atoms. The van der Waals surface area contributed by atoms with Crippen molar-refractivity contribution < 1.29 is 5.11 Å².